The average Bonchev–Trinajstić information content (AvgIpc) is 3.38. The number of aliphatic imine (C=N–C) groups is 1. The lowest BCUT2D eigenvalue weighted by molar-refractivity contribution is -0.143. The second-order valence-electron chi connectivity index (χ2n) is 18.3. The topological polar surface area (TPSA) is 196 Å². The third-order valence-electron chi connectivity index (χ3n) is 12.3. The third kappa shape index (κ3) is 11.1. The number of esters is 1. The maximum absolute atomic E-state index is 14.5. The molecule has 0 saturated carbocycles. The van der Waals surface area contributed by atoms with Crippen LogP contribution in [0.2, 0.25) is 0 Å². The fourth-order valence-electron chi connectivity index (χ4n) is 8.95. The zero-order chi connectivity index (χ0) is 49.0. The first kappa shape index (κ1) is 50.4. The summed E-state index contributed by atoms with van der Waals surface area (Å²) in [6.45, 7) is 15.0. The molecular weight excluding hydrogens is 871 g/mol. The van der Waals surface area contributed by atoms with Gasteiger partial charge >= 0.3 is 11.7 Å². The fraction of sp³-hybridized carbons (Fsp3) is 0.500. The van der Waals surface area contributed by atoms with Crippen LogP contribution < -0.4 is 16.3 Å². The Kier molecular flexibility index (Phi) is 15.7. The van der Waals surface area contributed by atoms with Gasteiger partial charge < -0.3 is 39.7 Å². The number of rotatable bonds is 14. The highest BCUT2D eigenvalue weighted by molar-refractivity contribution is 6.54. The number of nitrogens with zero attached hydrogens (tertiary/aromatic N) is 7. The van der Waals surface area contributed by atoms with E-state index in [4.69, 9.17) is 24.8 Å². The monoisotopic (exact) mass is 932 g/mol. The highest BCUT2D eigenvalue weighted by Crippen LogP contribution is 2.40. The van der Waals surface area contributed by atoms with Gasteiger partial charge in [-0.05, 0) is 76.1 Å². The molecule has 0 radical (unpaired) electrons. The minimum absolute atomic E-state index is 0.0517. The summed E-state index contributed by atoms with van der Waals surface area (Å²) >= 11 is 0. The number of morpholine rings is 1. The third-order valence-corrected chi connectivity index (χ3v) is 12.3. The van der Waals surface area contributed by atoms with Crippen molar-refractivity contribution in [1.82, 2.24) is 23.8 Å². The van der Waals surface area contributed by atoms with Crippen molar-refractivity contribution < 1.29 is 47.2 Å². The summed E-state index contributed by atoms with van der Waals surface area (Å²) in [4.78, 5) is 65.8. The van der Waals surface area contributed by atoms with Crippen molar-refractivity contribution in [3.63, 3.8) is 0 Å². The molecule has 0 spiro atoms. The Morgan fingerprint density at radius 3 is 2.18 bits per heavy atom. The molecule has 67 heavy (non-hydrogen) atoms. The van der Waals surface area contributed by atoms with Gasteiger partial charge in [-0.15, -0.1) is 0 Å². The number of aliphatic hydroxyl groups is 1. The van der Waals surface area contributed by atoms with Crippen LogP contribution in [0.3, 0.4) is 0 Å². The predicted molar refractivity (Wildman–Crippen MR) is 247 cm³/mol. The molecule has 6 rings (SSSR count). The number of fused-ring (bicyclic) bond motifs is 1. The lowest BCUT2D eigenvalue weighted by Gasteiger charge is -2.34. The Balaban J connectivity index is 1.26. The van der Waals surface area contributed by atoms with Crippen molar-refractivity contribution in [1.29, 1.82) is 0 Å². The van der Waals surface area contributed by atoms with Gasteiger partial charge in [0.1, 0.15) is 23.6 Å². The van der Waals surface area contributed by atoms with Crippen LogP contribution in [-0.2, 0) is 38.5 Å². The Morgan fingerprint density at radius 2 is 1.55 bits per heavy atom. The van der Waals surface area contributed by atoms with E-state index in [-0.39, 0.29) is 48.4 Å². The molecule has 17 nitrogen and oxygen atoms in total. The molecule has 1 saturated heterocycles. The first-order chi connectivity index (χ1) is 31.7. The second kappa shape index (κ2) is 20.9. The normalized spacial score (nSPS) is 21.0. The van der Waals surface area contributed by atoms with E-state index >= 15 is 0 Å². The molecule has 3 aliphatic heterocycles. The van der Waals surface area contributed by atoms with Crippen LogP contribution in [0.4, 0.5) is 8.78 Å². The summed E-state index contributed by atoms with van der Waals surface area (Å²) in [6.07, 6.45) is 0.238. The summed E-state index contributed by atoms with van der Waals surface area (Å²) in [5.74, 6) is 2.30. The zero-order valence-electron chi connectivity index (χ0n) is 39.7. The van der Waals surface area contributed by atoms with E-state index in [1.54, 1.807) is 59.1 Å². The summed E-state index contributed by atoms with van der Waals surface area (Å²) in [7, 11) is 4.66. The lowest BCUT2D eigenvalue weighted by Crippen LogP contribution is -2.41. The maximum Gasteiger partial charge on any atom is 0.342 e. The van der Waals surface area contributed by atoms with Crippen molar-refractivity contribution >= 4 is 34.8 Å². The summed E-state index contributed by atoms with van der Waals surface area (Å²) < 4.78 is 54.5. The molecule has 19 heteroatoms. The van der Waals surface area contributed by atoms with Crippen molar-refractivity contribution in [3.8, 4) is 5.75 Å². The first-order valence-electron chi connectivity index (χ1n) is 22.3. The van der Waals surface area contributed by atoms with Gasteiger partial charge in [-0.1, -0.05) is 20.8 Å². The summed E-state index contributed by atoms with van der Waals surface area (Å²) in [6, 6.07) is 9.59. The fourth-order valence-corrected chi connectivity index (χ4v) is 8.95. The highest BCUT2D eigenvalue weighted by Gasteiger charge is 2.43. The van der Waals surface area contributed by atoms with Crippen LogP contribution in [0.15, 0.2) is 75.3 Å². The number of benzene rings is 2. The largest absolute Gasteiger partial charge is 0.492 e. The number of hydrogen-bond acceptors (Lipinski definition) is 13. The average molecular weight is 933 g/mol. The minimum atomic E-state index is -1.60. The van der Waals surface area contributed by atoms with Crippen molar-refractivity contribution in [2.24, 2.45) is 35.4 Å². The Hall–Kier alpha value is -6.02. The van der Waals surface area contributed by atoms with Crippen molar-refractivity contribution in [2.75, 3.05) is 59.6 Å². The first-order valence-corrected chi connectivity index (χ1v) is 22.3. The zero-order valence-corrected chi connectivity index (χ0v) is 39.7. The molecule has 3 N–H and O–H groups in total. The molecule has 0 aliphatic carbocycles. The van der Waals surface area contributed by atoms with E-state index in [1.807, 2.05) is 20.8 Å². The molecule has 3 unspecified atom stereocenters. The minimum Gasteiger partial charge on any atom is -0.492 e. The highest BCUT2D eigenvalue weighted by atomic mass is 19.2. The maximum atomic E-state index is 14.5. The summed E-state index contributed by atoms with van der Waals surface area (Å²) in [5.41, 5.74) is -0.957. The van der Waals surface area contributed by atoms with Crippen LogP contribution >= 0.6 is 0 Å². The van der Waals surface area contributed by atoms with Gasteiger partial charge in [0.15, 0.2) is 17.9 Å². The standard InChI is InChI=1S/C48H62F2N8O9/c1-29(2)66-45(62)35-26-58(43(60)32-12-15-36(49)37(50)24-32)28-48(6,41-39(35)54(8)46(63)55(41)9)17-16-30(3)67-44(61)34-25-57(27-47(4,5)40(52-7)38(34)53-51)42(59)31-10-13-33(14-11-31)65-23-20-56-18-21-64-22-19-56/h10-15,24-26,29-30,45,62H,16-23,27-28,51H2,1-9H3. The number of hydrogen-bond donors (Lipinski definition) is 2. The lowest BCUT2D eigenvalue weighted by atomic mass is 9.79. The van der Waals surface area contributed by atoms with Crippen LogP contribution in [0, 0.1) is 17.0 Å². The molecule has 3 atom stereocenters. The number of halogens is 2. The number of nitrogens with two attached hydrogens (primary N) is 1. The molecule has 362 valence electrons. The van der Waals surface area contributed by atoms with Crippen LogP contribution in [0.5, 0.6) is 5.75 Å². The van der Waals surface area contributed by atoms with E-state index < -0.39 is 64.4 Å². The van der Waals surface area contributed by atoms with Crippen molar-refractivity contribution in [2.45, 2.75) is 78.3 Å². The van der Waals surface area contributed by atoms with Crippen LogP contribution in [-0.4, -0.2) is 136 Å². The van der Waals surface area contributed by atoms with Gasteiger partial charge in [-0.3, -0.25) is 28.6 Å². The Morgan fingerprint density at radius 1 is 0.910 bits per heavy atom. The number of hydrazone groups is 1. The SMILES string of the molecule is CN=C1C(=NN)C(C(=O)OC(C)CCC2(C)CN(C(=O)c3ccc(F)c(F)c3)C=C(C(O)OC(C)C)c3c2n(C)c(=O)n3C)=CN(C(=O)c2ccc(OCCN3CCOCC3)cc2)CC1(C)C. The number of imidazole rings is 1. The molecule has 1 aromatic heterocycles. The molecule has 3 aliphatic rings. The summed E-state index contributed by atoms with van der Waals surface area (Å²) in [5, 5.41) is 15.4. The van der Waals surface area contributed by atoms with Gasteiger partial charge in [0.2, 0.25) is 0 Å². The predicted octanol–water partition coefficient (Wildman–Crippen LogP) is 4.37. The Bertz CT molecular complexity index is 2520. The number of aromatic nitrogens is 2. The number of carbonyl (C=O) groups is 3. The number of amides is 2. The number of ether oxygens (including phenoxy) is 4. The smallest absolute Gasteiger partial charge is 0.342 e. The van der Waals surface area contributed by atoms with Gasteiger partial charge in [-0.25, -0.2) is 18.4 Å². The van der Waals surface area contributed by atoms with E-state index in [1.165, 1.54) is 38.4 Å². The van der Waals surface area contributed by atoms with Crippen LogP contribution in [0.25, 0.3) is 5.57 Å². The quantitative estimate of drug-likeness (QED) is 0.101. The van der Waals surface area contributed by atoms with E-state index in [0.29, 0.717) is 48.2 Å². The molecule has 2 amide bonds. The van der Waals surface area contributed by atoms with Crippen molar-refractivity contribution in [3.05, 3.63) is 105 Å². The second-order valence-corrected chi connectivity index (χ2v) is 18.3. The van der Waals surface area contributed by atoms with Gasteiger partial charge in [0, 0.05) is 93.8 Å². The molecule has 1 fully saturated rings. The number of aliphatic hydroxyl groups excluding tert-OH is 1. The van der Waals surface area contributed by atoms with Gasteiger partial charge in [-0.2, -0.15) is 5.10 Å². The molecule has 0 bridgehead atoms. The van der Waals surface area contributed by atoms with Gasteiger partial charge in [0.05, 0.1) is 42.5 Å². The van der Waals surface area contributed by atoms with E-state index in [2.05, 4.69) is 15.0 Å². The molecule has 3 aromatic rings. The molecular formula is C48H62F2N8O9. The van der Waals surface area contributed by atoms with E-state index in [0.717, 1.165) is 37.8 Å². The Labute approximate surface area is 389 Å². The molecule has 2 aromatic carbocycles. The number of carbonyl (C=O) groups excluding carboxylic acids is 3. The van der Waals surface area contributed by atoms with Crippen LogP contribution in [0.1, 0.15) is 86.5 Å². The van der Waals surface area contributed by atoms with Gasteiger partial charge in [0.25, 0.3) is 11.8 Å². The molecule has 4 heterocycles. The van der Waals surface area contributed by atoms with E-state index in [9.17, 15) is 33.1 Å².